The quantitative estimate of drug-likeness (QED) is 0.840. The molecule has 0 aliphatic carbocycles. The molecule has 0 amide bonds. The normalized spacial score (nSPS) is 18.8. The van der Waals surface area contributed by atoms with Gasteiger partial charge in [-0.15, -0.1) is 0 Å². The van der Waals surface area contributed by atoms with Crippen molar-refractivity contribution in [3.63, 3.8) is 0 Å². The maximum atomic E-state index is 5.87. The number of halogens is 1. The lowest BCUT2D eigenvalue weighted by molar-refractivity contribution is 0.0240. The van der Waals surface area contributed by atoms with Crippen molar-refractivity contribution in [1.29, 1.82) is 0 Å². The van der Waals surface area contributed by atoms with Crippen molar-refractivity contribution in [2.24, 2.45) is 5.41 Å². The van der Waals surface area contributed by atoms with Crippen LogP contribution in [0.3, 0.4) is 0 Å². The molecule has 0 saturated carbocycles. The molecule has 1 aromatic carbocycles. The summed E-state index contributed by atoms with van der Waals surface area (Å²) in [4.78, 5) is 0. The summed E-state index contributed by atoms with van der Waals surface area (Å²) in [6.07, 6.45) is 2.28. The summed E-state index contributed by atoms with van der Waals surface area (Å²) < 4.78 is 6.37. The van der Waals surface area contributed by atoms with E-state index in [4.69, 9.17) is 10.5 Å². The minimum Gasteiger partial charge on any atom is -0.398 e. The van der Waals surface area contributed by atoms with Gasteiger partial charge in [0.2, 0.25) is 0 Å². The van der Waals surface area contributed by atoms with Crippen LogP contribution in [-0.2, 0) is 11.3 Å². The van der Waals surface area contributed by atoms with Gasteiger partial charge in [0.15, 0.2) is 0 Å². The van der Waals surface area contributed by atoms with Gasteiger partial charge in [-0.2, -0.15) is 0 Å². The Morgan fingerprint density at radius 2 is 2.11 bits per heavy atom. The van der Waals surface area contributed by atoms with Crippen LogP contribution in [0.5, 0.6) is 0 Å². The molecule has 2 rings (SSSR count). The summed E-state index contributed by atoms with van der Waals surface area (Å²) in [6.45, 7) is 6.02. The van der Waals surface area contributed by atoms with Gasteiger partial charge in [0.25, 0.3) is 0 Å². The van der Waals surface area contributed by atoms with Crippen LogP contribution >= 0.6 is 15.9 Å². The van der Waals surface area contributed by atoms with E-state index in [2.05, 4.69) is 34.2 Å². The Labute approximate surface area is 117 Å². The molecule has 0 radical (unpaired) electrons. The number of rotatable bonds is 4. The lowest BCUT2D eigenvalue weighted by Crippen LogP contribution is -2.36. The highest BCUT2D eigenvalue weighted by atomic mass is 79.9. The minimum atomic E-state index is 0.374. The molecule has 18 heavy (non-hydrogen) atoms. The third-order valence-electron chi connectivity index (χ3n) is 3.64. The number of nitrogens with two attached hydrogens (primary N) is 1. The number of nitrogens with one attached hydrogen (secondary N) is 1. The second-order valence-electron chi connectivity index (χ2n) is 5.38. The van der Waals surface area contributed by atoms with E-state index in [1.165, 1.54) is 5.56 Å². The van der Waals surface area contributed by atoms with Gasteiger partial charge in [-0.3, -0.25) is 0 Å². The Bertz CT molecular complexity index is 403. The third kappa shape index (κ3) is 3.70. The van der Waals surface area contributed by atoms with Gasteiger partial charge < -0.3 is 15.8 Å². The zero-order valence-corrected chi connectivity index (χ0v) is 12.4. The molecule has 100 valence electrons. The Morgan fingerprint density at radius 3 is 2.78 bits per heavy atom. The fourth-order valence-corrected chi connectivity index (χ4v) is 2.50. The van der Waals surface area contributed by atoms with E-state index in [1.807, 2.05) is 12.1 Å². The van der Waals surface area contributed by atoms with E-state index in [0.717, 1.165) is 49.3 Å². The van der Waals surface area contributed by atoms with Crippen molar-refractivity contribution >= 4 is 21.6 Å². The highest BCUT2D eigenvalue weighted by Gasteiger charge is 2.26. The molecule has 1 aliphatic rings. The van der Waals surface area contributed by atoms with Crippen LogP contribution < -0.4 is 11.1 Å². The molecule has 1 aromatic rings. The molecule has 1 aliphatic heterocycles. The lowest BCUT2D eigenvalue weighted by Gasteiger charge is -2.33. The molecule has 0 spiro atoms. The van der Waals surface area contributed by atoms with Gasteiger partial charge in [0, 0.05) is 36.5 Å². The average molecular weight is 313 g/mol. The van der Waals surface area contributed by atoms with Gasteiger partial charge in [-0.05, 0) is 51.9 Å². The van der Waals surface area contributed by atoms with Gasteiger partial charge in [0.05, 0.1) is 0 Å². The average Bonchev–Trinajstić information content (AvgIpc) is 2.34. The van der Waals surface area contributed by atoms with Crippen LogP contribution in [0.25, 0.3) is 0 Å². The van der Waals surface area contributed by atoms with Crippen LogP contribution in [0.4, 0.5) is 5.69 Å². The van der Waals surface area contributed by atoms with Crippen molar-refractivity contribution in [2.75, 3.05) is 25.5 Å². The van der Waals surface area contributed by atoms with E-state index in [0.29, 0.717) is 5.41 Å². The number of hydrogen-bond donors (Lipinski definition) is 2. The molecular weight excluding hydrogens is 292 g/mol. The first kappa shape index (κ1) is 13.8. The molecule has 4 heteroatoms. The zero-order chi connectivity index (χ0) is 13.0. The third-order valence-corrected chi connectivity index (χ3v) is 4.36. The standard InChI is InChI=1S/C14H21BrN2O/c1-14(4-6-18-7-5-14)10-17-9-11-2-3-12(15)13(16)8-11/h2-3,8,17H,4-7,9-10,16H2,1H3. The molecule has 1 fully saturated rings. The molecule has 0 unspecified atom stereocenters. The fourth-order valence-electron chi connectivity index (χ4n) is 2.25. The van der Waals surface area contributed by atoms with Crippen molar-refractivity contribution in [3.05, 3.63) is 28.2 Å². The van der Waals surface area contributed by atoms with Crippen LogP contribution in [0.1, 0.15) is 25.3 Å². The first-order valence-corrected chi connectivity index (χ1v) is 7.21. The van der Waals surface area contributed by atoms with Crippen LogP contribution in [0, 0.1) is 5.41 Å². The number of benzene rings is 1. The molecule has 0 bridgehead atoms. The predicted molar refractivity (Wildman–Crippen MR) is 78.4 cm³/mol. The van der Waals surface area contributed by atoms with E-state index < -0.39 is 0 Å². The van der Waals surface area contributed by atoms with Crippen LogP contribution in [0.2, 0.25) is 0 Å². The smallest absolute Gasteiger partial charge is 0.0471 e. The van der Waals surface area contributed by atoms with E-state index in [-0.39, 0.29) is 0 Å². The number of hydrogen-bond acceptors (Lipinski definition) is 3. The fraction of sp³-hybridized carbons (Fsp3) is 0.571. The molecule has 3 N–H and O–H groups in total. The summed E-state index contributed by atoms with van der Waals surface area (Å²) in [6, 6.07) is 6.12. The molecule has 3 nitrogen and oxygen atoms in total. The number of anilines is 1. The first-order chi connectivity index (χ1) is 8.59. The monoisotopic (exact) mass is 312 g/mol. The maximum Gasteiger partial charge on any atom is 0.0471 e. The second-order valence-corrected chi connectivity index (χ2v) is 6.24. The van der Waals surface area contributed by atoms with Crippen molar-refractivity contribution in [1.82, 2.24) is 5.32 Å². The zero-order valence-electron chi connectivity index (χ0n) is 10.8. The van der Waals surface area contributed by atoms with Gasteiger partial charge in [-0.25, -0.2) is 0 Å². The van der Waals surface area contributed by atoms with Crippen molar-refractivity contribution in [2.45, 2.75) is 26.3 Å². The topological polar surface area (TPSA) is 47.3 Å². The minimum absolute atomic E-state index is 0.374. The molecule has 1 saturated heterocycles. The Kier molecular flexibility index (Phi) is 4.65. The number of ether oxygens (including phenoxy) is 1. The summed E-state index contributed by atoms with van der Waals surface area (Å²) in [5.74, 6) is 0. The highest BCUT2D eigenvalue weighted by Crippen LogP contribution is 2.28. The van der Waals surface area contributed by atoms with Crippen LogP contribution in [-0.4, -0.2) is 19.8 Å². The van der Waals surface area contributed by atoms with Crippen molar-refractivity contribution < 1.29 is 4.74 Å². The molecular formula is C14H21BrN2O. The summed E-state index contributed by atoms with van der Waals surface area (Å²) >= 11 is 3.41. The number of nitrogen functional groups attached to an aromatic ring is 1. The summed E-state index contributed by atoms with van der Waals surface area (Å²) in [5.41, 5.74) is 8.27. The van der Waals surface area contributed by atoms with E-state index >= 15 is 0 Å². The summed E-state index contributed by atoms with van der Waals surface area (Å²) in [7, 11) is 0. The van der Waals surface area contributed by atoms with Gasteiger partial charge in [0.1, 0.15) is 0 Å². The summed E-state index contributed by atoms with van der Waals surface area (Å²) in [5, 5.41) is 3.53. The van der Waals surface area contributed by atoms with Crippen molar-refractivity contribution in [3.8, 4) is 0 Å². The molecule has 1 heterocycles. The Hall–Kier alpha value is -0.580. The largest absolute Gasteiger partial charge is 0.398 e. The highest BCUT2D eigenvalue weighted by molar-refractivity contribution is 9.10. The van der Waals surface area contributed by atoms with Crippen LogP contribution in [0.15, 0.2) is 22.7 Å². The van der Waals surface area contributed by atoms with Gasteiger partial charge >= 0.3 is 0 Å². The first-order valence-electron chi connectivity index (χ1n) is 6.41. The van der Waals surface area contributed by atoms with E-state index in [1.54, 1.807) is 0 Å². The Balaban J connectivity index is 1.82. The molecule has 0 aromatic heterocycles. The molecule has 0 atom stereocenters. The Morgan fingerprint density at radius 1 is 1.39 bits per heavy atom. The predicted octanol–water partition coefficient (Wildman–Crippen LogP) is 2.94. The maximum absolute atomic E-state index is 5.87. The van der Waals surface area contributed by atoms with E-state index in [9.17, 15) is 0 Å². The lowest BCUT2D eigenvalue weighted by atomic mass is 9.82. The second kappa shape index (κ2) is 6.04. The SMILES string of the molecule is CC1(CNCc2ccc(Br)c(N)c2)CCOCC1. The van der Waals surface area contributed by atoms with Gasteiger partial charge in [-0.1, -0.05) is 13.0 Å².